The number of aliphatic carboxylic acids is 1. The van der Waals surface area contributed by atoms with Crippen molar-refractivity contribution < 1.29 is 15.0 Å². The van der Waals surface area contributed by atoms with E-state index in [9.17, 15) is 24.0 Å². The maximum atomic E-state index is 12.1. The normalized spacial score (nSPS) is 11.5. The van der Waals surface area contributed by atoms with Gasteiger partial charge in [-0.3, -0.25) is 33.1 Å². The van der Waals surface area contributed by atoms with Crippen LogP contribution in [0.4, 0.5) is 0 Å². The fraction of sp³-hybridized carbons (Fsp3) is 0.154. The van der Waals surface area contributed by atoms with Crippen molar-refractivity contribution >= 4 is 27.5 Å². The SMILES string of the molecule is O=C(O)Cn1c(=O)c2cc3c(=O)n(CO)c(=O)c3cc2c1=O. The molecule has 3 aromatic rings. The summed E-state index contributed by atoms with van der Waals surface area (Å²) in [6, 6.07) is 2.17. The summed E-state index contributed by atoms with van der Waals surface area (Å²) in [4.78, 5) is 58.7. The molecule has 9 heteroatoms. The number of aromatic nitrogens is 2. The molecule has 0 aliphatic heterocycles. The topological polar surface area (TPSA) is 136 Å². The second kappa shape index (κ2) is 4.46. The second-order valence-corrected chi connectivity index (χ2v) is 4.71. The Morgan fingerprint density at radius 3 is 1.50 bits per heavy atom. The maximum Gasteiger partial charge on any atom is 0.323 e. The van der Waals surface area contributed by atoms with Gasteiger partial charge in [0, 0.05) is 0 Å². The molecule has 0 aliphatic rings. The third-order valence-corrected chi connectivity index (χ3v) is 3.49. The van der Waals surface area contributed by atoms with Gasteiger partial charge >= 0.3 is 5.97 Å². The van der Waals surface area contributed by atoms with Crippen LogP contribution >= 0.6 is 0 Å². The molecule has 0 aliphatic carbocycles. The van der Waals surface area contributed by atoms with Crippen LogP contribution in [0.15, 0.2) is 31.3 Å². The van der Waals surface area contributed by atoms with Gasteiger partial charge in [0.2, 0.25) is 0 Å². The molecule has 0 saturated carbocycles. The lowest BCUT2D eigenvalue weighted by molar-refractivity contribution is -0.137. The number of benzene rings is 1. The number of fused-ring (bicyclic) bond motifs is 2. The van der Waals surface area contributed by atoms with E-state index in [4.69, 9.17) is 10.2 Å². The molecule has 0 radical (unpaired) electrons. The third-order valence-electron chi connectivity index (χ3n) is 3.49. The van der Waals surface area contributed by atoms with Crippen LogP contribution < -0.4 is 22.2 Å². The lowest BCUT2D eigenvalue weighted by Crippen LogP contribution is -2.29. The first kappa shape index (κ1) is 13.9. The van der Waals surface area contributed by atoms with E-state index in [0.29, 0.717) is 9.13 Å². The molecule has 9 nitrogen and oxygen atoms in total. The Hall–Kier alpha value is -3.07. The lowest BCUT2D eigenvalue weighted by Gasteiger charge is -1.91. The van der Waals surface area contributed by atoms with Crippen molar-refractivity contribution in [2.75, 3.05) is 0 Å². The molecular weight excluding hydrogens is 296 g/mol. The van der Waals surface area contributed by atoms with Crippen molar-refractivity contribution in [2.45, 2.75) is 13.3 Å². The molecule has 0 fully saturated rings. The van der Waals surface area contributed by atoms with Crippen molar-refractivity contribution in [2.24, 2.45) is 0 Å². The number of aliphatic hydroxyl groups is 1. The molecule has 0 saturated heterocycles. The number of hydrogen-bond acceptors (Lipinski definition) is 6. The highest BCUT2D eigenvalue weighted by molar-refractivity contribution is 5.97. The fourth-order valence-corrected chi connectivity index (χ4v) is 2.48. The number of nitrogens with zero attached hydrogens (tertiary/aromatic N) is 2. The van der Waals surface area contributed by atoms with Gasteiger partial charge in [0.1, 0.15) is 13.3 Å². The standard InChI is InChI=1S/C13H8N2O7/c16-4-15-12(21)7-1-5-6(2-8(7)13(15)22)11(20)14(10(5)19)3-9(17)18/h1-2,16H,3-4H2,(H,17,18). The summed E-state index contributed by atoms with van der Waals surface area (Å²) in [5.74, 6) is -1.36. The molecule has 2 aromatic heterocycles. The highest BCUT2D eigenvalue weighted by Gasteiger charge is 2.19. The Bertz CT molecular complexity index is 1060. The molecule has 112 valence electrons. The van der Waals surface area contributed by atoms with E-state index in [1.165, 1.54) is 0 Å². The van der Waals surface area contributed by atoms with Crippen LogP contribution in [0, 0.1) is 0 Å². The van der Waals surface area contributed by atoms with E-state index < -0.39 is 41.5 Å². The van der Waals surface area contributed by atoms with Crippen molar-refractivity contribution in [1.29, 1.82) is 0 Å². The minimum Gasteiger partial charge on any atom is -0.480 e. The minimum atomic E-state index is -1.36. The second-order valence-electron chi connectivity index (χ2n) is 4.71. The monoisotopic (exact) mass is 304 g/mol. The number of hydrogen-bond donors (Lipinski definition) is 2. The van der Waals surface area contributed by atoms with Gasteiger partial charge in [0.25, 0.3) is 22.2 Å². The van der Waals surface area contributed by atoms with Gasteiger partial charge in [-0.05, 0) is 12.1 Å². The minimum absolute atomic E-state index is 0.101. The molecule has 0 bridgehead atoms. The summed E-state index contributed by atoms with van der Waals surface area (Å²) in [7, 11) is 0. The van der Waals surface area contributed by atoms with Crippen molar-refractivity contribution in [3.63, 3.8) is 0 Å². The number of carboxylic acids is 1. The molecule has 22 heavy (non-hydrogen) atoms. The molecule has 1 aromatic carbocycles. The molecule has 2 heterocycles. The summed E-state index contributed by atoms with van der Waals surface area (Å²) in [6.45, 7) is -1.62. The van der Waals surface area contributed by atoms with E-state index in [2.05, 4.69) is 0 Å². The van der Waals surface area contributed by atoms with Gasteiger partial charge in [-0.1, -0.05) is 0 Å². The van der Waals surface area contributed by atoms with E-state index >= 15 is 0 Å². The summed E-state index contributed by atoms with van der Waals surface area (Å²) >= 11 is 0. The van der Waals surface area contributed by atoms with Gasteiger partial charge in [-0.15, -0.1) is 0 Å². The zero-order chi connectivity index (χ0) is 16.2. The Balaban J connectivity index is 2.51. The molecule has 0 atom stereocenters. The van der Waals surface area contributed by atoms with Crippen LogP contribution in [0.3, 0.4) is 0 Å². The predicted molar refractivity (Wildman–Crippen MR) is 74.7 cm³/mol. The zero-order valence-electron chi connectivity index (χ0n) is 10.9. The Morgan fingerprint density at radius 2 is 1.18 bits per heavy atom. The maximum absolute atomic E-state index is 12.1. The van der Waals surface area contributed by atoms with Crippen molar-refractivity contribution in [3.05, 3.63) is 53.5 Å². The highest BCUT2D eigenvalue weighted by Crippen LogP contribution is 2.14. The van der Waals surface area contributed by atoms with Crippen molar-refractivity contribution in [3.8, 4) is 0 Å². The van der Waals surface area contributed by atoms with Crippen LogP contribution in [0.5, 0.6) is 0 Å². The predicted octanol–water partition coefficient (Wildman–Crippen LogP) is -2.05. The van der Waals surface area contributed by atoms with Crippen LogP contribution in [-0.2, 0) is 18.1 Å². The molecule has 3 rings (SSSR count). The van der Waals surface area contributed by atoms with E-state index in [1.807, 2.05) is 0 Å². The smallest absolute Gasteiger partial charge is 0.323 e. The number of carboxylic acid groups (broad SMARTS) is 1. The quantitative estimate of drug-likeness (QED) is 0.568. The Kier molecular flexibility index (Phi) is 2.82. The number of rotatable bonds is 3. The average molecular weight is 304 g/mol. The first-order chi connectivity index (χ1) is 10.4. The van der Waals surface area contributed by atoms with Gasteiger partial charge < -0.3 is 10.2 Å². The van der Waals surface area contributed by atoms with E-state index in [0.717, 1.165) is 12.1 Å². The molecule has 0 unspecified atom stereocenters. The van der Waals surface area contributed by atoms with Crippen LogP contribution in [0.2, 0.25) is 0 Å². The van der Waals surface area contributed by atoms with E-state index in [1.54, 1.807) is 0 Å². The van der Waals surface area contributed by atoms with Gasteiger partial charge in [0.15, 0.2) is 0 Å². The zero-order valence-corrected chi connectivity index (χ0v) is 10.9. The molecule has 2 N–H and O–H groups in total. The molecule has 0 spiro atoms. The summed E-state index contributed by atoms with van der Waals surface area (Å²) < 4.78 is 1.10. The highest BCUT2D eigenvalue weighted by atomic mass is 16.4. The third kappa shape index (κ3) is 1.66. The first-order valence-electron chi connectivity index (χ1n) is 6.10. The van der Waals surface area contributed by atoms with Crippen LogP contribution in [0.1, 0.15) is 0 Å². The van der Waals surface area contributed by atoms with Gasteiger partial charge in [-0.25, -0.2) is 0 Å². The summed E-state index contributed by atoms with van der Waals surface area (Å²) in [5.41, 5.74) is -3.23. The molecule has 0 amide bonds. The molecular formula is C13H8N2O7. The largest absolute Gasteiger partial charge is 0.480 e. The Morgan fingerprint density at radius 1 is 0.818 bits per heavy atom. The summed E-state index contributed by atoms with van der Waals surface area (Å²) in [6.07, 6.45) is 0. The van der Waals surface area contributed by atoms with Crippen LogP contribution in [-0.4, -0.2) is 25.3 Å². The van der Waals surface area contributed by atoms with Gasteiger partial charge in [0.05, 0.1) is 21.5 Å². The summed E-state index contributed by atoms with van der Waals surface area (Å²) in [5, 5.41) is 17.3. The average Bonchev–Trinajstić information content (AvgIpc) is 2.84. The van der Waals surface area contributed by atoms with Crippen LogP contribution in [0.25, 0.3) is 21.5 Å². The lowest BCUT2D eigenvalue weighted by atomic mass is 10.1. The fourth-order valence-electron chi connectivity index (χ4n) is 2.48. The Labute approximate surface area is 119 Å². The number of aliphatic hydroxyl groups excluding tert-OH is 1. The first-order valence-corrected chi connectivity index (χ1v) is 6.10. The van der Waals surface area contributed by atoms with E-state index in [-0.39, 0.29) is 21.5 Å². The van der Waals surface area contributed by atoms with Gasteiger partial charge in [-0.2, -0.15) is 0 Å². The number of carbonyl (C=O) groups is 1. The van der Waals surface area contributed by atoms with Crippen molar-refractivity contribution in [1.82, 2.24) is 9.13 Å².